The van der Waals surface area contributed by atoms with Gasteiger partial charge in [0.15, 0.2) is 0 Å². The second-order valence-electron chi connectivity index (χ2n) is 4.81. The van der Waals surface area contributed by atoms with Crippen LogP contribution >= 0.6 is 0 Å². The average molecular weight is 236 g/mol. The van der Waals surface area contributed by atoms with Crippen molar-refractivity contribution in [1.29, 1.82) is 0 Å². The highest BCUT2D eigenvalue weighted by molar-refractivity contribution is 5.82. The monoisotopic (exact) mass is 236 g/mol. The Morgan fingerprint density at radius 1 is 1.29 bits per heavy atom. The van der Waals surface area contributed by atoms with Crippen LogP contribution < -0.4 is 4.74 Å². The van der Waals surface area contributed by atoms with Gasteiger partial charge in [0.1, 0.15) is 5.75 Å². The first-order valence-corrected chi connectivity index (χ1v) is 5.73. The Bertz CT molecular complexity index is 394. The van der Waals surface area contributed by atoms with E-state index in [2.05, 4.69) is 0 Å². The van der Waals surface area contributed by atoms with Crippen LogP contribution in [0.1, 0.15) is 33.3 Å². The number of benzene rings is 1. The topological polar surface area (TPSA) is 35.5 Å². The van der Waals surface area contributed by atoms with Crippen LogP contribution in [0.3, 0.4) is 0 Å². The van der Waals surface area contributed by atoms with Crippen LogP contribution in [0, 0.1) is 0 Å². The molecule has 0 bridgehead atoms. The lowest BCUT2D eigenvalue weighted by Gasteiger charge is -2.22. The maximum absolute atomic E-state index is 11.7. The van der Waals surface area contributed by atoms with Crippen molar-refractivity contribution in [2.45, 2.75) is 39.2 Å². The SMILES string of the molecule is COC(=O)C(C)(C)c1cccc(OC(C)C)c1. The van der Waals surface area contributed by atoms with Gasteiger partial charge in [-0.05, 0) is 45.4 Å². The highest BCUT2D eigenvalue weighted by atomic mass is 16.5. The van der Waals surface area contributed by atoms with E-state index in [1.54, 1.807) is 0 Å². The molecule has 0 heterocycles. The maximum Gasteiger partial charge on any atom is 0.315 e. The molecule has 94 valence electrons. The second-order valence-corrected chi connectivity index (χ2v) is 4.81. The fraction of sp³-hybridized carbons (Fsp3) is 0.500. The second kappa shape index (κ2) is 5.21. The number of rotatable bonds is 4. The summed E-state index contributed by atoms with van der Waals surface area (Å²) in [6, 6.07) is 7.57. The minimum Gasteiger partial charge on any atom is -0.491 e. The van der Waals surface area contributed by atoms with E-state index in [1.807, 2.05) is 52.0 Å². The molecule has 3 heteroatoms. The van der Waals surface area contributed by atoms with Crippen LogP contribution in [0.25, 0.3) is 0 Å². The summed E-state index contributed by atoms with van der Waals surface area (Å²) in [5, 5.41) is 0. The van der Waals surface area contributed by atoms with Gasteiger partial charge in [-0.2, -0.15) is 0 Å². The molecule has 0 unspecified atom stereocenters. The van der Waals surface area contributed by atoms with Gasteiger partial charge in [0.25, 0.3) is 0 Å². The standard InChI is InChI=1S/C14H20O3/c1-10(2)17-12-8-6-7-11(9-12)14(3,4)13(15)16-5/h6-10H,1-5H3. The lowest BCUT2D eigenvalue weighted by atomic mass is 9.85. The quantitative estimate of drug-likeness (QED) is 0.754. The molecule has 0 aliphatic heterocycles. The van der Waals surface area contributed by atoms with Crippen LogP contribution in [0.2, 0.25) is 0 Å². The molecule has 0 aromatic heterocycles. The number of methoxy groups -OCH3 is 1. The van der Waals surface area contributed by atoms with Gasteiger partial charge < -0.3 is 9.47 Å². The molecule has 0 radical (unpaired) electrons. The van der Waals surface area contributed by atoms with Crippen LogP contribution in [0.15, 0.2) is 24.3 Å². The van der Waals surface area contributed by atoms with Gasteiger partial charge in [0, 0.05) is 0 Å². The van der Waals surface area contributed by atoms with Crippen molar-refractivity contribution in [1.82, 2.24) is 0 Å². The van der Waals surface area contributed by atoms with Gasteiger partial charge in [-0.15, -0.1) is 0 Å². The number of hydrogen-bond donors (Lipinski definition) is 0. The highest BCUT2D eigenvalue weighted by Crippen LogP contribution is 2.27. The largest absolute Gasteiger partial charge is 0.491 e. The molecule has 0 N–H and O–H groups in total. The molecule has 0 atom stereocenters. The van der Waals surface area contributed by atoms with Crippen molar-refractivity contribution >= 4 is 5.97 Å². The molecule has 0 fully saturated rings. The summed E-state index contributed by atoms with van der Waals surface area (Å²) < 4.78 is 10.4. The summed E-state index contributed by atoms with van der Waals surface area (Å²) in [6.45, 7) is 7.62. The average Bonchev–Trinajstić information content (AvgIpc) is 2.27. The summed E-state index contributed by atoms with van der Waals surface area (Å²) in [4.78, 5) is 11.7. The molecule has 1 aromatic rings. The summed E-state index contributed by atoms with van der Waals surface area (Å²) in [7, 11) is 1.40. The van der Waals surface area contributed by atoms with Gasteiger partial charge in [-0.25, -0.2) is 0 Å². The first-order valence-electron chi connectivity index (χ1n) is 5.73. The lowest BCUT2D eigenvalue weighted by Crippen LogP contribution is -2.30. The number of carbonyl (C=O) groups is 1. The van der Waals surface area contributed by atoms with Crippen molar-refractivity contribution in [3.05, 3.63) is 29.8 Å². The molecule has 3 nitrogen and oxygen atoms in total. The minimum absolute atomic E-state index is 0.117. The molecule has 0 saturated heterocycles. The van der Waals surface area contributed by atoms with Gasteiger partial charge in [0.2, 0.25) is 0 Å². The fourth-order valence-electron chi connectivity index (χ4n) is 1.60. The molecule has 17 heavy (non-hydrogen) atoms. The Balaban J connectivity index is 3.02. The van der Waals surface area contributed by atoms with Crippen molar-refractivity contribution in [2.24, 2.45) is 0 Å². The first kappa shape index (κ1) is 13.6. The zero-order valence-electron chi connectivity index (χ0n) is 11.1. The minimum atomic E-state index is -0.662. The predicted octanol–water partition coefficient (Wildman–Crippen LogP) is 2.92. The van der Waals surface area contributed by atoms with E-state index in [0.717, 1.165) is 11.3 Å². The summed E-state index contributed by atoms with van der Waals surface area (Å²) >= 11 is 0. The summed E-state index contributed by atoms with van der Waals surface area (Å²) in [6.07, 6.45) is 0.117. The van der Waals surface area contributed by atoms with E-state index in [9.17, 15) is 4.79 Å². The summed E-state index contributed by atoms with van der Waals surface area (Å²) in [5.41, 5.74) is 0.230. The normalized spacial score (nSPS) is 11.4. The number of carbonyl (C=O) groups excluding carboxylic acids is 1. The maximum atomic E-state index is 11.7. The van der Waals surface area contributed by atoms with Crippen molar-refractivity contribution < 1.29 is 14.3 Å². The lowest BCUT2D eigenvalue weighted by molar-refractivity contribution is -0.146. The zero-order chi connectivity index (χ0) is 13.1. The van der Waals surface area contributed by atoms with E-state index in [1.165, 1.54) is 7.11 Å². The van der Waals surface area contributed by atoms with E-state index in [4.69, 9.17) is 9.47 Å². The Kier molecular flexibility index (Phi) is 4.16. The molecule has 0 saturated carbocycles. The third-order valence-corrected chi connectivity index (χ3v) is 2.62. The summed E-state index contributed by atoms with van der Waals surface area (Å²) in [5.74, 6) is 0.522. The molecule has 0 spiro atoms. The smallest absolute Gasteiger partial charge is 0.315 e. The van der Waals surface area contributed by atoms with Gasteiger partial charge in [-0.1, -0.05) is 12.1 Å². The number of esters is 1. The predicted molar refractivity (Wildman–Crippen MR) is 67.2 cm³/mol. The van der Waals surface area contributed by atoms with E-state index < -0.39 is 5.41 Å². The molecule has 0 amide bonds. The van der Waals surface area contributed by atoms with Crippen molar-refractivity contribution in [2.75, 3.05) is 7.11 Å². The van der Waals surface area contributed by atoms with E-state index in [0.29, 0.717) is 0 Å². The van der Waals surface area contributed by atoms with Crippen molar-refractivity contribution in [3.8, 4) is 5.75 Å². The van der Waals surface area contributed by atoms with Gasteiger partial charge in [-0.3, -0.25) is 4.79 Å². The Morgan fingerprint density at radius 2 is 1.94 bits per heavy atom. The Labute approximate surface area is 103 Å². The first-order chi connectivity index (χ1) is 7.87. The zero-order valence-corrected chi connectivity index (χ0v) is 11.1. The molecular weight excluding hydrogens is 216 g/mol. The van der Waals surface area contributed by atoms with Crippen LogP contribution in [0.5, 0.6) is 5.75 Å². The molecule has 1 aromatic carbocycles. The Hall–Kier alpha value is -1.51. The Morgan fingerprint density at radius 3 is 2.47 bits per heavy atom. The molecule has 0 aliphatic rings. The van der Waals surface area contributed by atoms with Crippen LogP contribution in [-0.4, -0.2) is 19.2 Å². The highest BCUT2D eigenvalue weighted by Gasteiger charge is 2.31. The third kappa shape index (κ3) is 3.22. The molecular formula is C14H20O3. The fourth-order valence-corrected chi connectivity index (χ4v) is 1.60. The van der Waals surface area contributed by atoms with Crippen LogP contribution in [0.4, 0.5) is 0 Å². The van der Waals surface area contributed by atoms with Crippen LogP contribution in [-0.2, 0) is 14.9 Å². The number of ether oxygens (including phenoxy) is 2. The van der Waals surface area contributed by atoms with Crippen molar-refractivity contribution in [3.63, 3.8) is 0 Å². The molecule has 0 aliphatic carbocycles. The van der Waals surface area contributed by atoms with Gasteiger partial charge in [0.05, 0.1) is 18.6 Å². The van der Waals surface area contributed by atoms with E-state index in [-0.39, 0.29) is 12.1 Å². The van der Waals surface area contributed by atoms with Gasteiger partial charge >= 0.3 is 5.97 Å². The number of hydrogen-bond acceptors (Lipinski definition) is 3. The third-order valence-electron chi connectivity index (χ3n) is 2.62. The molecule has 1 rings (SSSR count). The van der Waals surface area contributed by atoms with E-state index >= 15 is 0 Å².